The summed E-state index contributed by atoms with van der Waals surface area (Å²) in [5.41, 5.74) is 0.477. The van der Waals surface area contributed by atoms with Gasteiger partial charge in [-0.05, 0) is 38.1 Å². The molecular formula is C15H20Cl2FN3O2. The van der Waals surface area contributed by atoms with E-state index in [2.05, 4.69) is 10.6 Å². The number of benzene rings is 1. The highest BCUT2D eigenvalue weighted by Gasteiger charge is 2.27. The van der Waals surface area contributed by atoms with Crippen molar-refractivity contribution in [3.05, 3.63) is 29.0 Å². The summed E-state index contributed by atoms with van der Waals surface area (Å²) in [4.78, 5) is 25.7. The number of piperidine rings is 1. The van der Waals surface area contributed by atoms with Gasteiger partial charge >= 0.3 is 0 Å². The quantitative estimate of drug-likeness (QED) is 0.862. The maximum absolute atomic E-state index is 13.1. The Morgan fingerprint density at radius 3 is 2.57 bits per heavy atom. The van der Waals surface area contributed by atoms with Crippen molar-refractivity contribution in [3.8, 4) is 0 Å². The molecule has 1 aliphatic rings. The summed E-state index contributed by atoms with van der Waals surface area (Å²) in [6.07, 6.45) is 1.24. The average Bonchev–Trinajstić information content (AvgIpc) is 2.51. The Morgan fingerprint density at radius 1 is 1.35 bits per heavy atom. The lowest BCUT2D eigenvalue weighted by Gasteiger charge is -2.31. The Bertz CT molecular complexity index is 564. The summed E-state index contributed by atoms with van der Waals surface area (Å²) < 4.78 is 13.1. The first-order valence-corrected chi connectivity index (χ1v) is 7.57. The maximum Gasteiger partial charge on any atom is 0.236 e. The minimum absolute atomic E-state index is 0. The molecule has 0 saturated carbocycles. The second-order valence-corrected chi connectivity index (χ2v) is 5.71. The molecule has 0 unspecified atom stereocenters. The lowest BCUT2D eigenvalue weighted by Crippen LogP contribution is -2.44. The minimum Gasteiger partial charge on any atom is -0.342 e. The lowest BCUT2D eigenvalue weighted by molar-refractivity contribution is -0.133. The highest BCUT2D eigenvalue weighted by atomic mass is 35.5. The third kappa shape index (κ3) is 5.34. The summed E-state index contributed by atoms with van der Waals surface area (Å²) in [7, 11) is 1.73. The van der Waals surface area contributed by atoms with E-state index < -0.39 is 5.82 Å². The van der Waals surface area contributed by atoms with E-state index in [1.165, 1.54) is 18.2 Å². The van der Waals surface area contributed by atoms with Crippen molar-refractivity contribution in [2.75, 3.05) is 32.0 Å². The molecule has 1 saturated heterocycles. The molecule has 0 atom stereocenters. The van der Waals surface area contributed by atoms with Crippen LogP contribution in [0.5, 0.6) is 0 Å². The third-order valence-corrected chi connectivity index (χ3v) is 4.02. The maximum atomic E-state index is 13.1. The van der Waals surface area contributed by atoms with Crippen LogP contribution in [0.4, 0.5) is 10.1 Å². The molecule has 0 bridgehead atoms. The Balaban J connectivity index is 0.00000264. The van der Waals surface area contributed by atoms with E-state index in [4.69, 9.17) is 11.6 Å². The molecule has 2 rings (SSSR count). The van der Waals surface area contributed by atoms with Gasteiger partial charge in [0.2, 0.25) is 11.8 Å². The standard InChI is InChI=1S/C15H19ClFN3O2.ClH/c1-18-9-14(21)20-6-4-10(5-7-20)15(22)19-11-2-3-13(17)12(16)8-11;/h2-3,8,10,18H,4-7,9H2,1H3,(H,19,22);1H. The van der Waals surface area contributed by atoms with Crippen molar-refractivity contribution in [1.82, 2.24) is 10.2 Å². The molecule has 1 aromatic carbocycles. The SMILES string of the molecule is CNCC(=O)N1CCC(C(=O)Nc2ccc(F)c(Cl)c2)CC1.Cl. The van der Waals surface area contributed by atoms with Crippen LogP contribution in [0.2, 0.25) is 5.02 Å². The number of nitrogens with zero attached hydrogens (tertiary/aromatic N) is 1. The summed E-state index contributed by atoms with van der Waals surface area (Å²) in [5, 5.41) is 5.55. The highest BCUT2D eigenvalue weighted by Crippen LogP contribution is 2.22. The first-order valence-electron chi connectivity index (χ1n) is 7.19. The Kier molecular flexibility index (Phi) is 7.75. The van der Waals surface area contributed by atoms with Crippen LogP contribution in [0.1, 0.15) is 12.8 Å². The molecule has 8 heteroatoms. The zero-order valence-corrected chi connectivity index (χ0v) is 14.3. The lowest BCUT2D eigenvalue weighted by atomic mass is 9.95. The normalized spacial score (nSPS) is 15.0. The van der Waals surface area contributed by atoms with Crippen LogP contribution in [0, 0.1) is 11.7 Å². The first kappa shape index (κ1) is 19.7. The minimum atomic E-state index is -0.518. The van der Waals surface area contributed by atoms with E-state index >= 15 is 0 Å². The van der Waals surface area contributed by atoms with Gasteiger partial charge in [-0.1, -0.05) is 11.6 Å². The number of carbonyl (C=O) groups excluding carboxylic acids is 2. The number of likely N-dealkylation sites (tertiary alicyclic amines) is 1. The topological polar surface area (TPSA) is 61.4 Å². The summed E-state index contributed by atoms with van der Waals surface area (Å²) in [6, 6.07) is 4.09. The molecule has 1 heterocycles. The Morgan fingerprint density at radius 2 is 2.00 bits per heavy atom. The molecule has 1 fully saturated rings. The number of hydrogen-bond donors (Lipinski definition) is 2. The fourth-order valence-electron chi connectivity index (χ4n) is 2.47. The Hall–Kier alpha value is -1.37. The van der Waals surface area contributed by atoms with Crippen LogP contribution in [-0.4, -0.2) is 43.4 Å². The number of nitrogens with one attached hydrogen (secondary N) is 2. The van der Waals surface area contributed by atoms with Crippen LogP contribution < -0.4 is 10.6 Å². The average molecular weight is 364 g/mol. The van der Waals surface area contributed by atoms with Gasteiger partial charge in [0.15, 0.2) is 0 Å². The van der Waals surface area contributed by atoms with Crippen molar-refractivity contribution < 1.29 is 14.0 Å². The molecule has 0 radical (unpaired) electrons. The van der Waals surface area contributed by atoms with Gasteiger partial charge < -0.3 is 15.5 Å². The number of anilines is 1. The monoisotopic (exact) mass is 363 g/mol. The molecule has 1 aliphatic heterocycles. The Labute approximate surface area is 146 Å². The molecule has 23 heavy (non-hydrogen) atoms. The molecule has 0 spiro atoms. The number of carbonyl (C=O) groups is 2. The number of amides is 2. The van der Waals surface area contributed by atoms with Crippen molar-refractivity contribution in [2.24, 2.45) is 5.92 Å². The number of rotatable bonds is 4. The summed E-state index contributed by atoms with van der Waals surface area (Å²) in [6.45, 7) is 1.45. The van der Waals surface area contributed by atoms with E-state index in [1.807, 2.05) is 0 Å². The summed E-state index contributed by atoms with van der Waals surface area (Å²) in [5.74, 6) is -0.742. The van der Waals surface area contributed by atoms with Gasteiger partial charge in [-0.3, -0.25) is 9.59 Å². The fourth-order valence-corrected chi connectivity index (χ4v) is 2.65. The van der Waals surface area contributed by atoms with Crippen LogP contribution in [0.3, 0.4) is 0 Å². The van der Waals surface area contributed by atoms with Gasteiger partial charge in [-0.25, -0.2) is 4.39 Å². The predicted molar refractivity (Wildman–Crippen MR) is 90.5 cm³/mol. The van der Waals surface area contributed by atoms with Gasteiger partial charge in [0, 0.05) is 24.7 Å². The molecule has 2 amide bonds. The second-order valence-electron chi connectivity index (χ2n) is 5.30. The van der Waals surface area contributed by atoms with Crippen molar-refractivity contribution in [3.63, 3.8) is 0 Å². The molecule has 1 aromatic rings. The first-order chi connectivity index (χ1) is 10.5. The molecule has 5 nitrogen and oxygen atoms in total. The van der Waals surface area contributed by atoms with Gasteiger partial charge in [0.1, 0.15) is 5.82 Å². The zero-order chi connectivity index (χ0) is 16.1. The van der Waals surface area contributed by atoms with E-state index in [0.29, 0.717) is 38.2 Å². The van der Waals surface area contributed by atoms with E-state index in [-0.39, 0.29) is 35.2 Å². The third-order valence-electron chi connectivity index (χ3n) is 3.73. The molecule has 0 aromatic heterocycles. The van der Waals surface area contributed by atoms with Gasteiger partial charge in [0.05, 0.1) is 11.6 Å². The van der Waals surface area contributed by atoms with Gasteiger partial charge in [-0.15, -0.1) is 12.4 Å². The van der Waals surface area contributed by atoms with E-state index in [1.54, 1.807) is 11.9 Å². The van der Waals surface area contributed by atoms with Crippen molar-refractivity contribution >= 4 is 41.5 Å². The zero-order valence-electron chi connectivity index (χ0n) is 12.8. The van der Waals surface area contributed by atoms with Gasteiger partial charge in [-0.2, -0.15) is 0 Å². The molecule has 2 N–H and O–H groups in total. The van der Waals surface area contributed by atoms with Crippen LogP contribution in [-0.2, 0) is 9.59 Å². The molecular weight excluding hydrogens is 344 g/mol. The van der Waals surface area contributed by atoms with Crippen LogP contribution in [0.15, 0.2) is 18.2 Å². The van der Waals surface area contributed by atoms with Crippen molar-refractivity contribution in [2.45, 2.75) is 12.8 Å². The molecule has 0 aliphatic carbocycles. The van der Waals surface area contributed by atoms with Gasteiger partial charge in [0.25, 0.3) is 0 Å². The molecule has 128 valence electrons. The smallest absolute Gasteiger partial charge is 0.236 e. The summed E-state index contributed by atoms with van der Waals surface area (Å²) >= 11 is 5.69. The van der Waals surface area contributed by atoms with Crippen LogP contribution >= 0.6 is 24.0 Å². The van der Waals surface area contributed by atoms with E-state index in [9.17, 15) is 14.0 Å². The number of likely N-dealkylation sites (N-methyl/N-ethyl adjacent to an activating group) is 1. The number of hydrogen-bond acceptors (Lipinski definition) is 3. The van der Waals surface area contributed by atoms with Crippen molar-refractivity contribution in [1.29, 1.82) is 0 Å². The van der Waals surface area contributed by atoms with E-state index in [0.717, 1.165) is 0 Å². The predicted octanol–water partition coefficient (Wildman–Crippen LogP) is 2.30. The number of halogens is 3. The van der Waals surface area contributed by atoms with Crippen LogP contribution in [0.25, 0.3) is 0 Å². The fraction of sp³-hybridized carbons (Fsp3) is 0.467. The largest absolute Gasteiger partial charge is 0.342 e. The second kappa shape index (κ2) is 9.05. The highest BCUT2D eigenvalue weighted by molar-refractivity contribution is 6.31.